The third-order valence-corrected chi connectivity index (χ3v) is 0.228. The summed E-state index contributed by atoms with van der Waals surface area (Å²) in [5.74, 6) is 2.07. The Morgan fingerprint density at radius 2 is 2.50 bits per heavy atom. The Kier molecular flexibility index (Phi) is 3.66. The van der Waals surface area contributed by atoms with Crippen molar-refractivity contribution in [3.63, 3.8) is 0 Å². The molecule has 1 radical (unpaired) electrons. The van der Waals surface area contributed by atoms with E-state index in [9.17, 15) is 0 Å². The molecule has 3 heteroatoms. The van der Waals surface area contributed by atoms with E-state index < -0.39 is 0 Å². The molecule has 0 spiro atoms. The Hall–Kier alpha value is -0.790. The average molecular weight is 85.1 g/mol. The zero-order valence-corrected chi connectivity index (χ0v) is 3.13. The van der Waals surface area contributed by atoms with Crippen LogP contribution in [0.5, 0.6) is 0 Å². The molecule has 0 aliphatic heterocycles. The van der Waals surface area contributed by atoms with E-state index in [0.29, 0.717) is 0 Å². The van der Waals surface area contributed by atoms with Gasteiger partial charge in [0.15, 0.2) is 0 Å². The van der Waals surface area contributed by atoms with Crippen LogP contribution in [0.3, 0.4) is 0 Å². The molecule has 0 saturated heterocycles. The largest absolute Gasteiger partial charge is 0.404 e. The molecule has 0 saturated carbocycles. The molecule has 0 bridgehead atoms. The summed E-state index contributed by atoms with van der Waals surface area (Å²) in [5.41, 5.74) is 4.80. The van der Waals surface area contributed by atoms with E-state index in [4.69, 9.17) is 10.9 Å². The monoisotopic (exact) mass is 85.0 g/mol. The van der Waals surface area contributed by atoms with Crippen molar-refractivity contribution in [2.75, 3.05) is 0 Å². The van der Waals surface area contributed by atoms with Gasteiger partial charge in [-0.05, 0) is 11.2 Å². The van der Waals surface area contributed by atoms with Crippen molar-refractivity contribution in [2.45, 2.75) is 0 Å². The summed E-state index contributed by atoms with van der Waals surface area (Å²) < 4.78 is 0. The molecule has 0 aromatic rings. The van der Waals surface area contributed by atoms with Gasteiger partial charge in [0, 0.05) is 5.87 Å². The standard InChI is InChI=1S/C3H5N2O/c4-2-1-3-5-6/h1-2,6H,4H2. The van der Waals surface area contributed by atoms with Crippen molar-refractivity contribution in [3.8, 4) is 0 Å². The van der Waals surface area contributed by atoms with Crippen LogP contribution in [0.2, 0.25) is 0 Å². The van der Waals surface area contributed by atoms with E-state index in [1.165, 1.54) is 12.6 Å². The van der Waals surface area contributed by atoms with Crippen molar-refractivity contribution < 1.29 is 5.21 Å². The second kappa shape index (κ2) is 4.21. The number of nitrogens with zero attached hydrogens (tertiary/aromatic N) is 1. The third kappa shape index (κ3) is 3.21. The van der Waals surface area contributed by atoms with Crippen LogP contribution >= 0.6 is 0 Å². The summed E-state index contributed by atoms with van der Waals surface area (Å²) in [6.45, 7) is 1.22. The van der Waals surface area contributed by atoms with Crippen LogP contribution in [0.15, 0.2) is 11.2 Å². The zero-order valence-electron chi connectivity index (χ0n) is 3.13. The van der Waals surface area contributed by atoms with Gasteiger partial charge in [0.1, 0.15) is 0 Å². The Morgan fingerprint density at radius 3 is 2.67 bits per heavy atom. The van der Waals surface area contributed by atoms with E-state index in [1.54, 1.807) is 0 Å². The highest BCUT2D eigenvalue weighted by atomic mass is 16.4. The summed E-state index contributed by atoms with van der Waals surface area (Å²) in [6, 6.07) is 0. The highest BCUT2D eigenvalue weighted by Crippen LogP contribution is 1.53. The molecule has 33 valence electrons. The lowest BCUT2D eigenvalue weighted by atomic mass is 10.7. The fourth-order valence-corrected chi connectivity index (χ4v) is 0.0764. The molecular weight excluding hydrogens is 80.0 g/mol. The van der Waals surface area contributed by atoms with Gasteiger partial charge < -0.3 is 10.9 Å². The molecule has 0 aromatic heterocycles. The minimum Gasteiger partial charge on any atom is -0.404 e. The Morgan fingerprint density at radius 1 is 1.83 bits per heavy atom. The first-order valence-electron chi connectivity index (χ1n) is 1.38. The molecule has 0 unspecified atom stereocenters. The van der Waals surface area contributed by atoms with Gasteiger partial charge in [0.05, 0.1) is 6.54 Å². The first kappa shape index (κ1) is 5.21. The summed E-state index contributed by atoms with van der Waals surface area (Å²) in [7, 11) is 0. The summed E-state index contributed by atoms with van der Waals surface area (Å²) in [5, 5.41) is 10.1. The zero-order chi connectivity index (χ0) is 4.83. The number of hydrogen-bond acceptors (Lipinski definition) is 3. The molecule has 6 heavy (non-hydrogen) atoms. The van der Waals surface area contributed by atoms with Crippen molar-refractivity contribution in [3.05, 3.63) is 12.6 Å². The smallest absolute Gasteiger partial charge is 0.0513 e. The molecule has 0 amide bonds. The summed E-state index contributed by atoms with van der Waals surface area (Å²) in [6.07, 6.45) is 1.29. The second-order valence-electron chi connectivity index (χ2n) is 0.588. The van der Waals surface area contributed by atoms with Crippen LogP contribution in [-0.4, -0.2) is 11.1 Å². The maximum Gasteiger partial charge on any atom is 0.0513 e. The Balaban J connectivity index is 3.18. The van der Waals surface area contributed by atoms with Gasteiger partial charge in [-0.3, -0.25) is 0 Å². The molecule has 3 N–H and O–H groups in total. The maximum absolute atomic E-state index is 7.60. The lowest BCUT2D eigenvalue weighted by Crippen LogP contribution is -1.82. The van der Waals surface area contributed by atoms with Crippen molar-refractivity contribution in [2.24, 2.45) is 10.9 Å². The Bertz CT molecular complexity index is 72.9. The normalized spacial score (nSPS) is 6.17. The van der Waals surface area contributed by atoms with Crippen LogP contribution in [0.25, 0.3) is 0 Å². The topological polar surface area (TPSA) is 58.6 Å². The number of hydrogen-bond donors (Lipinski definition) is 2. The van der Waals surface area contributed by atoms with Gasteiger partial charge in [0.2, 0.25) is 0 Å². The van der Waals surface area contributed by atoms with Crippen LogP contribution in [-0.2, 0) is 0 Å². The third-order valence-electron chi connectivity index (χ3n) is 0.228. The van der Waals surface area contributed by atoms with E-state index in [1.807, 2.05) is 0 Å². The van der Waals surface area contributed by atoms with E-state index in [0.717, 1.165) is 0 Å². The van der Waals surface area contributed by atoms with E-state index in [-0.39, 0.29) is 0 Å². The van der Waals surface area contributed by atoms with Crippen molar-refractivity contribution >= 4 is 5.87 Å². The minimum absolute atomic E-state index is 1.22. The first-order chi connectivity index (χ1) is 2.91. The van der Waals surface area contributed by atoms with Crippen LogP contribution < -0.4 is 5.73 Å². The quantitative estimate of drug-likeness (QED) is 0.261. The minimum atomic E-state index is 1.22. The van der Waals surface area contributed by atoms with Crippen LogP contribution in [0.1, 0.15) is 0 Å². The van der Waals surface area contributed by atoms with Crippen LogP contribution in [0.4, 0.5) is 0 Å². The predicted molar refractivity (Wildman–Crippen MR) is 22.3 cm³/mol. The molecule has 0 heterocycles. The average Bonchev–Trinajstić information content (AvgIpc) is 1.61. The molecule has 3 nitrogen and oxygen atoms in total. The molecular formula is C3H5N2O. The van der Waals surface area contributed by atoms with Gasteiger partial charge in [-0.2, -0.15) is 0 Å². The molecule has 0 fully saturated rings. The molecule has 0 rings (SSSR count). The molecule has 0 aliphatic rings. The predicted octanol–water partition coefficient (Wildman–Crippen LogP) is -0.278. The molecule has 0 aromatic carbocycles. The SMILES string of the molecule is N[CH]C=C=NO. The van der Waals surface area contributed by atoms with E-state index >= 15 is 0 Å². The van der Waals surface area contributed by atoms with Crippen molar-refractivity contribution in [1.82, 2.24) is 0 Å². The fourth-order valence-electron chi connectivity index (χ4n) is 0.0764. The highest BCUT2D eigenvalue weighted by Gasteiger charge is 1.54. The maximum atomic E-state index is 7.60. The molecule has 0 aliphatic carbocycles. The van der Waals surface area contributed by atoms with Gasteiger partial charge in [0.25, 0.3) is 0 Å². The van der Waals surface area contributed by atoms with Gasteiger partial charge >= 0.3 is 0 Å². The lowest BCUT2D eigenvalue weighted by Gasteiger charge is -1.62. The van der Waals surface area contributed by atoms with E-state index in [2.05, 4.69) is 11.0 Å². The highest BCUT2D eigenvalue weighted by molar-refractivity contribution is 5.52. The lowest BCUT2D eigenvalue weighted by molar-refractivity contribution is 0.323. The summed E-state index contributed by atoms with van der Waals surface area (Å²) in [4.78, 5) is 0. The fraction of sp³-hybridized carbons (Fsp3) is 0. The number of nitrogens with two attached hydrogens (primary N) is 1. The van der Waals surface area contributed by atoms with Gasteiger partial charge in [-0.1, -0.05) is 0 Å². The van der Waals surface area contributed by atoms with Crippen molar-refractivity contribution in [1.29, 1.82) is 0 Å². The Labute approximate surface area is 35.8 Å². The molecule has 0 atom stereocenters. The summed E-state index contributed by atoms with van der Waals surface area (Å²) >= 11 is 0. The number of rotatable bonds is 1. The second-order valence-corrected chi connectivity index (χ2v) is 0.588. The van der Waals surface area contributed by atoms with Gasteiger partial charge in [-0.25, -0.2) is 0 Å². The van der Waals surface area contributed by atoms with Crippen LogP contribution in [0, 0.1) is 6.54 Å². The first-order valence-corrected chi connectivity index (χ1v) is 1.38. The van der Waals surface area contributed by atoms with Gasteiger partial charge in [-0.15, -0.1) is 0 Å².